The lowest BCUT2D eigenvalue weighted by atomic mass is 10.0. The molecule has 0 aliphatic carbocycles. The molecule has 132 valence electrons. The van der Waals surface area contributed by atoms with Crippen molar-refractivity contribution in [2.24, 2.45) is 0 Å². The highest BCUT2D eigenvalue weighted by Gasteiger charge is 2.81. The van der Waals surface area contributed by atoms with Gasteiger partial charge < -0.3 is 0 Å². The van der Waals surface area contributed by atoms with E-state index in [-0.39, 0.29) is 0 Å². The van der Waals surface area contributed by atoms with E-state index < -0.39 is 47.4 Å². The molecule has 0 N–H and O–H groups in total. The SMILES string of the molecule is FC(F)(F)C(F)(Cl)C=CC(F)(F)C(F)(F)C(F)(F)C(F)(F)F. The van der Waals surface area contributed by atoms with Crippen molar-refractivity contribution in [2.45, 2.75) is 35.2 Å². The van der Waals surface area contributed by atoms with Crippen molar-refractivity contribution in [2.75, 3.05) is 0 Å². The van der Waals surface area contributed by atoms with Gasteiger partial charge in [-0.2, -0.15) is 52.7 Å². The Morgan fingerprint density at radius 2 is 0.864 bits per heavy atom. The molecule has 0 aliphatic heterocycles. The van der Waals surface area contributed by atoms with E-state index in [0.29, 0.717) is 0 Å². The Bertz CT molecular complexity index is 426. The summed E-state index contributed by atoms with van der Waals surface area (Å²) < 4.78 is 158. The first-order chi connectivity index (χ1) is 9.21. The van der Waals surface area contributed by atoms with E-state index in [1.165, 1.54) is 0 Å². The molecule has 0 nitrogen and oxygen atoms in total. The van der Waals surface area contributed by atoms with Crippen molar-refractivity contribution in [3.8, 4) is 0 Å². The summed E-state index contributed by atoms with van der Waals surface area (Å²) >= 11 is 4.01. The van der Waals surface area contributed by atoms with Crippen LogP contribution in [0.25, 0.3) is 0 Å². The number of halogens is 14. The Morgan fingerprint density at radius 3 is 1.14 bits per heavy atom. The minimum atomic E-state index is -7.31. The number of hydrogen-bond donors (Lipinski definition) is 0. The Hall–Kier alpha value is -0.880. The lowest BCUT2D eigenvalue weighted by molar-refractivity contribution is -0.388. The summed E-state index contributed by atoms with van der Waals surface area (Å²) in [7, 11) is 0. The van der Waals surface area contributed by atoms with Gasteiger partial charge in [0.05, 0.1) is 0 Å². The number of hydrogen-bond acceptors (Lipinski definition) is 0. The van der Waals surface area contributed by atoms with E-state index in [1.807, 2.05) is 0 Å². The molecule has 0 aliphatic rings. The van der Waals surface area contributed by atoms with Crippen LogP contribution in [-0.2, 0) is 0 Å². The molecule has 1 unspecified atom stereocenters. The molecule has 0 heterocycles. The van der Waals surface area contributed by atoms with Crippen molar-refractivity contribution in [3.05, 3.63) is 12.2 Å². The Morgan fingerprint density at radius 1 is 0.500 bits per heavy atom. The summed E-state index contributed by atoms with van der Waals surface area (Å²) in [4.78, 5) is 0. The molecule has 0 amide bonds. The minimum absolute atomic E-state index is 1.51. The monoisotopic (exact) mass is 380 g/mol. The van der Waals surface area contributed by atoms with Gasteiger partial charge in [-0.05, 0) is 12.2 Å². The molecular formula is C8H2ClF13. The summed E-state index contributed by atoms with van der Waals surface area (Å²) in [5.74, 6) is -21.0. The summed E-state index contributed by atoms with van der Waals surface area (Å²) in [5, 5.41) is -5.18. The van der Waals surface area contributed by atoms with Crippen molar-refractivity contribution >= 4 is 11.6 Å². The van der Waals surface area contributed by atoms with E-state index in [2.05, 4.69) is 11.6 Å². The number of allylic oxidation sites excluding steroid dienone is 2. The van der Waals surface area contributed by atoms with Crippen LogP contribution in [0, 0.1) is 0 Å². The van der Waals surface area contributed by atoms with Gasteiger partial charge in [-0.25, -0.2) is 4.39 Å². The average molecular weight is 381 g/mol. The number of rotatable bonds is 4. The molecule has 0 aromatic rings. The smallest absolute Gasteiger partial charge is 0.211 e. The molecule has 0 bridgehead atoms. The summed E-state index contributed by atoms with van der Waals surface area (Å²) in [6, 6.07) is 0. The highest BCUT2D eigenvalue weighted by molar-refractivity contribution is 6.24. The molecule has 0 rings (SSSR count). The fraction of sp³-hybridized carbons (Fsp3) is 0.750. The van der Waals surface area contributed by atoms with Gasteiger partial charge in [0.25, 0.3) is 5.13 Å². The average Bonchev–Trinajstić information content (AvgIpc) is 2.23. The maximum Gasteiger partial charge on any atom is 0.460 e. The molecule has 0 fully saturated rings. The van der Waals surface area contributed by atoms with Gasteiger partial charge in [0.2, 0.25) is 0 Å². The van der Waals surface area contributed by atoms with E-state index in [0.717, 1.165) is 0 Å². The minimum Gasteiger partial charge on any atom is -0.211 e. The Labute approximate surface area is 117 Å². The fourth-order valence-corrected chi connectivity index (χ4v) is 0.859. The standard InChI is InChI=1S/C8H2ClF13/c9-3(10,7(17,18)19)1-2-4(11,12)5(13,14)6(15,16)8(20,21)22/h1-2H. The van der Waals surface area contributed by atoms with Crippen molar-refractivity contribution in [3.63, 3.8) is 0 Å². The molecule has 0 saturated carbocycles. The molecule has 22 heavy (non-hydrogen) atoms. The fourth-order valence-electron chi connectivity index (χ4n) is 0.796. The van der Waals surface area contributed by atoms with Crippen LogP contribution in [0.1, 0.15) is 0 Å². The van der Waals surface area contributed by atoms with Crippen LogP contribution in [0.5, 0.6) is 0 Å². The normalized spacial score (nSPS) is 18.6. The second kappa shape index (κ2) is 5.34. The Balaban J connectivity index is 5.76. The van der Waals surface area contributed by atoms with E-state index in [4.69, 9.17) is 0 Å². The molecule has 0 aromatic carbocycles. The summed E-state index contributed by atoms with van der Waals surface area (Å²) in [6.45, 7) is 0. The largest absolute Gasteiger partial charge is 0.460 e. The zero-order chi connectivity index (χ0) is 18.4. The van der Waals surface area contributed by atoms with E-state index in [1.54, 1.807) is 0 Å². The lowest BCUT2D eigenvalue weighted by Gasteiger charge is -2.32. The lowest BCUT2D eigenvalue weighted by Crippen LogP contribution is -2.60. The van der Waals surface area contributed by atoms with Crippen molar-refractivity contribution in [1.82, 2.24) is 0 Å². The van der Waals surface area contributed by atoms with Gasteiger partial charge in [0.15, 0.2) is 0 Å². The van der Waals surface area contributed by atoms with Crippen LogP contribution in [-0.4, -0.2) is 35.2 Å². The first-order valence-electron chi connectivity index (χ1n) is 4.56. The summed E-state index contributed by atoms with van der Waals surface area (Å²) in [5.41, 5.74) is 0. The van der Waals surface area contributed by atoms with Gasteiger partial charge in [0, 0.05) is 0 Å². The molecule has 0 saturated heterocycles. The van der Waals surface area contributed by atoms with Crippen molar-refractivity contribution < 1.29 is 57.1 Å². The van der Waals surface area contributed by atoms with Crippen LogP contribution in [0.15, 0.2) is 12.2 Å². The Kier molecular flexibility index (Phi) is 5.12. The van der Waals surface area contributed by atoms with Gasteiger partial charge in [-0.1, -0.05) is 11.6 Å². The number of alkyl halides is 14. The van der Waals surface area contributed by atoms with Crippen LogP contribution in [0.2, 0.25) is 0 Å². The second-order valence-corrected chi connectivity index (χ2v) is 4.27. The molecule has 14 heteroatoms. The van der Waals surface area contributed by atoms with E-state index >= 15 is 0 Å². The van der Waals surface area contributed by atoms with Crippen LogP contribution < -0.4 is 0 Å². The molecule has 0 aromatic heterocycles. The molecule has 0 radical (unpaired) electrons. The second-order valence-electron chi connectivity index (χ2n) is 3.72. The predicted molar refractivity (Wildman–Crippen MR) is 45.8 cm³/mol. The third-order valence-electron chi connectivity index (χ3n) is 2.05. The first kappa shape index (κ1) is 21.1. The highest BCUT2D eigenvalue weighted by atomic mass is 35.5. The highest BCUT2D eigenvalue weighted by Crippen LogP contribution is 2.54. The predicted octanol–water partition coefficient (Wildman–Crippen LogP) is 5.48. The maximum absolute atomic E-state index is 12.7. The van der Waals surface area contributed by atoms with Crippen LogP contribution >= 0.6 is 11.6 Å². The van der Waals surface area contributed by atoms with Crippen LogP contribution in [0.4, 0.5) is 57.1 Å². The van der Waals surface area contributed by atoms with Crippen LogP contribution in [0.3, 0.4) is 0 Å². The van der Waals surface area contributed by atoms with Crippen molar-refractivity contribution in [1.29, 1.82) is 0 Å². The summed E-state index contributed by atoms with van der Waals surface area (Å²) in [6.07, 6.45) is -16.6. The van der Waals surface area contributed by atoms with E-state index in [9.17, 15) is 57.1 Å². The van der Waals surface area contributed by atoms with Gasteiger partial charge in [-0.15, -0.1) is 0 Å². The topological polar surface area (TPSA) is 0 Å². The van der Waals surface area contributed by atoms with Gasteiger partial charge in [-0.3, -0.25) is 0 Å². The third-order valence-corrected chi connectivity index (χ3v) is 2.39. The zero-order valence-corrected chi connectivity index (χ0v) is 10.2. The first-order valence-corrected chi connectivity index (χ1v) is 4.93. The third kappa shape index (κ3) is 3.54. The van der Waals surface area contributed by atoms with Gasteiger partial charge >= 0.3 is 30.1 Å². The van der Waals surface area contributed by atoms with Gasteiger partial charge in [0.1, 0.15) is 0 Å². The maximum atomic E-state index is 12.7. The zero-order valence-electron chi connectivity index (χ0n) is 9.45. The molecule has 0 spiro atoms. The molecular weight excluding hydrogens is 379 g/mol. The quantitative estimate of drug-likeness (QED) is 0.344. The molecule has 1 atom stereocenters.